The number of amides is 2. The molecule has 1 atom stereocenters. The number of nitrogens with one attached hydrogen (secondary N) is 2. The summed E-state index contributed by atoms with van der Waals surface area (Å²) in [4.78, 5) is 29.5. The van der Waals surface area contributed by atoms with E-state index in [2.05, 4.69) is 34.4 Å². The smallest absolute Gasteiger partial charge is 0.313 e. The summed E-state index contributed by atoms with van der Waals surface area (Å²) in [5, 5.41) is 5.49. The fourth-order valence-electron chi connectivity index (χ4n) is 3.70. The van der Waals surface area contributed by atoms with E-state index in [4.69, 9.17) is 4.74 Å². The number of anilines is 1. The number of piperazine rings is 1. The van der Waals surface area contributed by atoms with Crippen LogP contribution < -0.4 is 15.4 Å². The van der Waals surface area contributed by atoms with E-state index in [0.717, 1.165) is 43.9 Å². The van der Waals surface area contributed by atoms with Gasteiger partial charge in [0.15, 0.2) is 0 Å². The van der Waals surface area contributed by atoms with Gasteiger partial charge in [0.25, 0.3) is 0 Å². The molecule has 0 spiro atoms. The zero-order chi connectivity index (χ0) is 22.2. The SMILES string of the molecule is CCc1ccc(NC(=O)C(=O)NCC(c2ccc(OC)cc2)N2CCN(C)CC2)cc1. The van der Waals surface area contributed by atoms with Crippen molar-refractivity contribution in [1.82, 2.24) is 15.1 Å². The Kier molecular flexibility index (Phi) is 8.03. The number of carbonyl (C=O) groups is 2. The van der Waals surface area contributed by atoms with Crippen molar-refractivity contribution in [3.63, 3.8) is 0 Å². The Labute approximate surface area is 184 Å². The largest absolute Gasteiger partial charge is 0.497 e. The van der Waals surface area contributed by atoms with Gasteiger partial charge in [0.1, 0.15) is 5.75 Å². The van der Waals surface area contributed by atoms with E-state index in [1.54, 1.807) is 7.11 Å². The lowest BCUT2D eigenvalue weighted by molar-refractivity contribution is -0.136. The molecule has 166 valence electrons. The van der Waals surface area contributed by atoms with Gasteiger partial charge in [-0.25, -0.2) is 0 Å². The van der Waals surface area contributed by atoms with Crippen molar-refractivity contribution in [1.29, 1.82) is 0 Å². The number of likely N-dealkylation sites (N-methyl/N-ethyl adjacent to an activating group) is 1. The van der Waals surface area contributed by atoms with Gasteiger partial charge in [0, 0.05) is 38.4 Å². The van der Waals surface area contributed by atoms with E-state index in [-0.39, 0.29) is 6.04 Å². The van der Waals surface area contributed by atoms with Gasteiger partial charge < -0.3 is 20.3 Å². The van der Waals surface area contributed by atoms with E-state index in [9.17, 15) is 9.59 Å². The molecule has 7 nitrogen and oxygen atoms in total. The molecule has 0 bridgehead atoms. The Balaban J connectivity index is 1.63. The van der Waals surface area contributed by atoms with Crippen molar-refractivity contribution >= 4 is 17.5 Å². The van der Waals surface area contributed by atoms with Crippen LogP contribution >= 0.6 is 0 Å². The minimum absolute atomic E-state index is 0.0137. The topological polar surface area (TPSA) is 73.9 Å². The molecule has 1 aliphatic rings. The van der Waals surface area contributed by atoms with Crippen LogP contribution in [0.15, 0.2) is 48.5 Å². The summed E-state index contributed by atoms with van der Waals surface area (Å²) in [5.41, 5.74) is 2.88. The molecule has 1 unspecified atom stereocenters. The standard InChI is InChI=1S/C24H32N4O3/c1-4-18-5-9-20(10-6-18)26-24(30)23(29)25-17-22(28-15-13-27(2)14-16-28)19-7-11-21(31-3)12-8-19/h5-12,22H,4,13-17H2,1-3H3,(H,25,29)(H,26,30). The van der Waals surface area contributed by atoms with Gasteiger partial charge in [0.05, 0.1) is 13.2 Å². The Hall–Kier alpha value is -2.90. The first-order valence-electron chi connectivity index (χ1n) is 10.7. The van der Waals surface area contributed by atoms with Crippen LogP contribution in [-0.2, 0) is 16.0 Å². The zero-order valence-corrected chi connectivity index (χ0v) is 18.6. The molecule has 2 aromatic rings. The molecule has 7 heteroatoms. The normalized spacial score (nSPS) is 15.8. The van der Waals surface area contributed by atoms with E-state index in [1.165, 1.54) is 5.56 Å². The second-order valence-electron chi connectivity index (χ2n) is 7.84. The lowest BCUT2D eigenvalue weighted by Crippen LogP contribution is -2.49. The van der Waals surface area contributed by atoms with Gasteiger partial charge in [-0.15, -0.1) is 0 Å². The Morgan fingerprint density at radius 1 is 0.968 bits per heavy atom. The van der Waals surface area contributed by atoms with Crippen LogP contribution in [-0.4, -0.2) is 68.5 Å². The quantitative estimate of drug-likeness (QED) is 0.668. The monoisotopic (exact) mass is 424 g/mol. The number of rotatable bonds is 7. The third-order valence-corrected chi connectivity index (χ3v) is 5.76. The fourth-order valence-corrected chi connectivity index (χ4v) is 3.70. The number of aryl methyl sites for hydroxylation is 1. The van der Waals surface area contributed by atoms with E-state index in [0.29, 0.717) is 12.2 Å². The van der Waals surface area contributed by atoms with E-state index in [1.807, 2.05) is 48.5 Å². The molecule has 31 heavy (non-hydrogen) atoms. The Morgan fingerprint density at radius 2 is 1.61 bits per heavy atom. The molecule has 2 N–H and O–H groups in total. The summed E-state index contributed by atoms with van der Waals surface area (Å²) in [5.74, 6) is -0.498. The summed E-state index contributed by atoms with van der Waals surface area (Å²) in [7, 11) is 3.75. The van der Waals surface area contributed by atoms with Crippen molar-refractivity contribution < 1.29 is 14.3 Å². The molecule has 2 aromatic carbocycles. The Morgan fingerprint density at radius 3 is 2.19 bits per heavy atom. The first kappa shape index (κ1) is 22.8. The Bertz CT molecular complexity index is 859. The predicted molar refractivity (Wildman–Crippen MR) is 122 cm³/mol. The number of hydrogen-bond donors (Lipinski definition) is 2. The summed E-state index contributed by atoms with van der Waals surface area (Å²) >= 11 is 0. The highest BCUT2D eigenvalue weighted by molar-refractivity contribution is 6.39. The first-order valence-corrected chi connectivity index (χ1v) is 10.7. The third-order valence-electron chi connectivity index (χ3n) is 5.76. The molecule has 2 amide bonds. The van der Waals surface area contributed by atoms with E-state index >= 15 is 0 Å². The maximum absolute atomic E-state index is 12.5. The number of nitrogens with zero attached hydrogens (tertiary/aromatic N) is 2. The van der Waals surface area contributed by atoms with Crippen LogP contribution in [0.1, 0.15) is 24.1 Å². The van der Waals surface area contributed by atoms with Crippen molar-refractivity contribution in [2.75, 3.05) is 52.2 Å². The third kappa shape index (κ3) is 6.29. The van der Waals surface area contributed by atoms with Crippen LogP contribution in [0, 0.1) is 0 Å². The maximum Gasteiger partial charge on any atom is 0.313 e. The number of carbonyl (C=O) groups excluding carboxylic acids is 2. The van der Waals surface area contributed by atoms with E-state index < -0.39 is 11.8 Å². The second kappa shape index (κ2) is 10.9. The molecule has 0 aliphatic carbocycles. The molecule has 1 fully saturated rings. The summed E-state index contributed by atoms with van der Waals surface area (Å²) in [6.45, 7) is 6.17. The highest BCUT2D eigenvalue weighted by Crippen LogP contribution is 2.24. The molecule has 3 rings (SSSR count). The lowest BCUT2D eigenvalue weighted by Gasteiger charge is -2.38. The van der Waals surface area contributed by atoms with Gasteiger partial charge in [-0.1, -0.05) is 31.2 Å². The molecular weight excluding hydrogens is 392 g/mol. The molecule has 1 aliphatic heterocycles. The van der Waals surface area contributed by atoms with Gasteiger partial charge in [-0.05, 0) is 48.9 Å². The van der Waals surface area contributed by atoms with Crippen molar-refractivity contribution in [3.05, 3.63) is 59.7 Å². The zero-order valence-electron chi connectivity index (χ0n) is 18.6. The van der Waals surface area contributed by atoms with Gasteiger partial charge in [-0.2, -0.15) is 0 Å². The maximum atomic E-state index is 12.5. The van der Waals surface area contributed by atoms with Crippen molar-refractivity contribution in [2.24, 2.45) is 0 Å². The summed E-state index contributed by atoms with van der Waals surface area (Å²) in [6.07, 6.45) is 0.924. The van der Waals surface area contributed by atoms with Crippen molar-refractivity contribution in [3.8, 4) is 5.75 Å². The van der Waals surface area contributed by atoms with Crippen LogP contribution in [0.4, 0.5) is 5.69 Å². The average molecular weight is 425 g/mol. The number of benzene rings is 2. The predicted octanol–water partition coefficient (Wildman–Crippen LogP) is 2.30. The lowest BCUT2D eigenvalue weighted by atomic mass is 10.0. The van der Waals surface area contributed by atoms with Crippen LogP contribution in [0.5, 0.6) is 5.75 Å². The minimum Gasteiger partial charge on any atom is -0.497 e. The van der Waals surface area contributed by atoms with Crippen molar-refractivity contribution in [2.45, 2.75) is 19.4 Å². The number of ether oxygens (including phenoxy) is 1. The number of hydrogen-bond acceptors (Lipinski definition) is 5. The second-order valence-corrected chi connectivity index (χ2v) is 7.84. The fraction of sp³-hybridized carbons (Fsp3) is 0.417. The molecule has 0 saturated carbocycles. The molecule has 1 heterocycles. The molecular formula is C24H32N4O3. The number of methoxy groups -OCH3 is 1. The van der Waals surface area contributed by atoms with Crippen LogP contribution in [0.2, 0.25) is 0 Å². The first-order chi connectivity index (χ1) is 15.0. The molecule has 0 aromatic heterocycles. The van der Waals surface area contributed by atoms with Gasteiger partial charge >= 0.3 is 11.8 Å². The molecule has 0 radical (unpaired) electrons. The van der Waals surface area contributed by atoms with Gasteiger partial charge in [-0.3, -0.25) is 14.5 Å². The highest BCUT2D eigenvalue weighted by atomic mass is 16.5. The summed E-state index contributed by atoms with van der Waals surface area (Å²) in [6, 6.07) is 15.4. The highest BCUT2D eigenvalue weighted by Gasteiger charge is 2.25. The van der Waals surface area contributed by atoms with Gasteiger partial charge in [0.2, 0.25) is 0 Å². The summed E-state index contributed by atoms with van der Waals surface area (Å²) < 4.78 is 5.27. The van der Waals surface area contributed by atoms with Crippen LogP contribution in [0.3, 0.4) is 0 Å². The molecule has 1 saturated heterocycles. The minimum atomic E-state index is -0.656. The average Bonchev–Trinajstić information content (AvgIpc) is 2.81. The van der Waals surface area contributed by atoms with Crippen LogP contribution in [0.25, 0.3) is 0 Å².